The first kappa shape index (κ1) is 19.2. The highest BCUT2D eigenvalue weighted by Crippen LogP contribution is 2.20. The van der Waals surface area contributed by atoms with Gasteiger partial charge in [0, 0.05) is 4.88 Å². The lowest BCUT2D eigenvalue weighted by Gasteiger charge is -2.17. The number of carboxylic acids is 1. The van der Waals surface area contributed by atoms with E-state index in [1.54, 1.807) is 20.8 Å². The number of hydrogen-bond donors (Lipinski definition) is 3. The number of ketones is 1. The maximum absolute atomic E-state index is 12.3. The van der Waals surface area contributed by atoms with E-state index in [1.165, 1.54) is 0 Å². The lowest BCUT2D eigenvalue weighted by atomic mass is 10.0. The first-order chi connectivity index (χ1) is 10.6. The molecule has 1 aromatic rings. The van der Waals surface area contributed by atoms with Gasteiger partial charge in [0.1, 0.15) is 11.7 Å². The van der Waals surface area contributed by atoms with Crippen LogP contribution in [-0.2, 0) is 4.79 Å². The number of thiazole rings is 1. The van der Waals surface area contributed by atoms with E-state index < -0.39 is 24.0 Å². The molecule has 1 rings (SSSR count). The van der Waals surface area contributed by atoms with Gasteiger partial charge in [-0.3, -0.25) is 9.59 Å². The molecule has 0 saturated carbocycles. The molecule has 0 spiro atoms. The van der Waals surface area contributed by atoms with Gasteiger partial charge in [-0.25, -0.2) is 9.78 Å². The Kier molecular flexibility index (Phi) is 6.40. The zero-order valence-electron chi connectivity index (χ0n) is 13.9. The van der Waals surface area contributed by atoms with Gasteiger partial charge in [0.2, 0.25) is 5.78 Å². The van der Waals surface area contributed by atoms with E-state index in [-0.39, 0.29) is 28.3 Å². The van der Waals surface area contributed by atoms with Crippen molar-refractivity contribution in [2.45, 2.75) is 46.7 Å². The van der Waals surface area contributed by atoms with Crippen LogP contribution in [0, 0.1) is 18.8 Å². The quantitative estimate of drug-likeness (QED) is 0.645. The van der Waals surface area contributed by atoms with Crippen LogP contribution in [-0.4, -0.2) is 39.8 Å². The third-order valence-corrected chi connectivity index (χ3v) is 4.45. The average Bonchev–Trinajstić information content (AvgIpc) is 2.84. The predicted molar refractivity (Wildman–Crippen MR) is 87.7 cm³/mol. The maximum Gasteiger partial charge on any atom is 0.326 e. The largest absolute Gasteiger partial charge is 0.480 e. The van der Waals surface area contributed by atoms with E-state index >= 15 is 0 Å². The van der Waals surface area contributed by atoms with Crippen LogP contribution in [0.1, 0.15) is 52.9 Å². The molecule has 0 unspecified atom stereocenters. The zero-order valence-corrected chi connectivity index (χ0v) is 14.7. The summed E-state index contributed by atoms with van der Waals surface area (Å²) in [6, 6.07) is -1.69. The fourth-order valence-corrected chi connectivity index (χ4v) is 2.78. The Morgan fingerprint density at radius 3 is 2.17 bits per heavy atom. The molecule has 0 aliphatic carbocycles. The number of carboxylic acid groups (broad SMARTS) is 1. The summed E-state index contributed by atoms with van der Waals surface area (Å²) in [6.07, 6.45) is 0. The van der Waals surface area contributed by atoms with Crippen LogP contribution in [0.4, 0.5) is 0 Å². The van der Waals surface area contributed by atoms with E-state index in [1.807, 2.05) is 13.8 Å². The number of carbonyl (C=O) groups is 3. The van der Waals surface area contributed by atoms with E-state index in [9.17, 15) is 14.4 Å². The fourth-order valence-electron chi connectivity index (χ4n) is 1.88. The molecule has 0 bridgehead atoms. The lowest BCUT2D eigenvalue weighted by molar-refractivity contribution is -0.140. The molecule has 0 radical (unpaired) electrons. The van der Waals surface area contributed by atoms with Crippen molar-refractivity contribution in [1.29, 1.82) is 0 Å². The standard InChI is InChI=1S/C15H23N3O4S/c1-6(2)9(16)12(19)14-18-11(8(5)23-14)13(20)17-10(7(3)4)15(21)22/h6-7,9-10H,16H2,1-5H3,(H,17,20)(H,21,22)/t9-,10-/m0/s1. The van der Waals surface area contributed by atoms with Crippen LogP contribution in [0.3, 0.4) is 0 Å². The number of aromatic nitrogens is 1. The first-order valence-corrected chi connectivity index (χ1v) is 8.18. The van der Waals surface area contributed by atoms with Crippen LogP contribution in [0.2, 0.25) is 0 Å². The number of nitrogens with one attached hydrogen (secondary N) is 1. The summed E-state index contributed by atoms with van der Waals surface area (Å²) >= 11 is 1.09. The lowest BCUT2D eigenvalue weighted by Crippen LogP contribution is -2.44. The molecule has 0 aromatic carbocycles. The van der Waals surface area contributed by atoms with E-state index in [4.69, 9.17) is 10.8 Å². The van der Waals surface area contributed by atoms with Crippen molar-refractivity contribution in [3.8, 4) is 0 Å². The van der Waals surface area contributed by atoms with Gasteiger partial charge >= 0.3 is 5.97 Å². The summed E-state index contributed by atoms with van der Waals surface area (Å²) in [5.41, 5.74) is 5.90. The summed E-state index contributed by atoms with van der Waals surface area (Å²) in [6.45, 7) is 8.72. The molecular formula is C15H23N3O4S. The third-order valence-electron chi connectivity index (χ3n) is 3.46. The first-order valence-electron chi connectivity index (χ1n) is 7.37. The number of hydrogen-bond acceptors (Lipinski definition) is 6. The molecule has 23 heavy (non-hydrogen) atoms. The highest BCUT2D eigenvalue weighted by atomic mass is 32.1. The van der Waals surface area contributed by atoms with Crippen molar-refractivity contribution in [3.05, 3.63) is 15.6 Å². The monoisotopic (exact) mass is 341 g/mol. The SMILES string of the molecule is Cc1sc(C(=O)[C@@H](N)C(C)C)nc1C(=O)N[C@H](C(=O)O)C(C)C. The summed E-state index contributed by atoms with van der Waals surface area (Å²) < 4.78 is 0. The molecule has 8 heteroatoms. The number of nitrogens with two attached hydrogens (primary N) is 1. The van der Waals surface area contributed by atoms with Crippen molar-refractivity contribution in [3.63, 3.8) is 0 Å². The molecule has 128 valence electrons. The van der Waals surface area contributed by atoms with Crippen molar-refractivity contribution in [2.75, 3.05) is 0 Å². The molecule has 0 aliphatic rings. The molecule has 0 fully saturated rings. The molecule has 0 saturated heterocycles. The second kappa shape index (κ2) is 7.65. The number of rotatable bonds is 7. The van der Waals surface area contributed by atoms with Crippen LogP contribution >= 0.6 is 11.3 Å². The summed E-state index contributed by atoms with van der Waals surface area (Å²) in [5.74, 6) is -2.34. The smallest absolute Gasteiger partial charge is 0.326 e. The minimum Gasteiger partial charge on any atom is -0.480 e. The highest BCUT2D eigenvalue weighted by molar-refractivity contribution is 7.13. The Morgan fingerprint density at radius 1 is 1.17 bits per heavy atom. The highest BCUT2D eigenvalue weighted by Gasteiger charge is 2.28. The van der Waals surface area contributed by atoms with Crippen molar-refractivity contribution in [1.82, 2.24) is 10.3 Å². The summed E-state index contributed by atoms with van der Waals surface area (Å²) in [4.78, 5) is 40.2. The fraction of sp³-hybridized carbons (Fsp3) is 0.600. The van der Waals surface area contributed by atoms with Crippen LogP contribution in [0.15, 0.2) is 0 Å². The molecule has 0 aliphatic heterocycles. The van der Waals surface area contributed by atoms with Crippen molar-refractivity contribution < 1.29 is 19.5 Å². The molecule has 7 nitrogen and oxygen atoms in total. The van der Waals surface area contributed by atoms with Crippen LogP contribution in [0.5, 0.6) is 0 Å². The maximum atomic E-state index is 12.3. The van der Waals surface area contributed by atoms with Gasteiger partial charge < -0.3 is 16.2 Å². The van der Waals surface area contributed by atoms with Crippen LogP contribution < -0.4 is 11.1 Å². The number of aliphatic carboxylic acids is 1. The number of amides is 1. The Morgan fingerprint density at radius 2 is 1.74 bits per heavy atom. The Hall–Kier alpha value is -1.80. The van der Waals surface area contributed by atoms with Gasteiger partial charge in [-0.15, -0.1) is 11.3 Å². The summed E-state index contributed by atoms with van der Waals surface area (Å²) in [7, 11) is 0. The van der Waals surface area contributed by atoms with Gasteiger partial charge in [-0.2, -0.15) is 0 Å². The number of carbonyl (C=O) groups excluding carboxylic acids is 2. The molecular weight excluding hydrogens is 318 g/mol. The molecule has 4 N–H and O–H groups in total. The number of Topliss-reactive ketones (excluding diaryl/α,β-unsaturated/α-hetero) is 1. The zero-order chi connectivity index (χ0) is 17.9. The minimum atomic E-state index is -1.11. The van der Waals surface area contributed by atoms with Gasteiger partial charge in [-0.1, -0.05) is 27.7 Å². The van der Waals surface area contributed by atoms with Gasteiger partial charge in [-0.05, 0) is 18.8 Å². The topological polar surface area (TPSA) is 122 Å². The molecule has 2 atom stereocenters. The Balaban J connectivity index is 3.00. The summed E-state index contributed by atoms with van der Waals surface area (Å²) in [5, 5.41) is 11.7. The minimum absolute atomic E-state index is 0.0404. The Labute approximate surface area is 139 Å². The van der Waals surface area contributed by atoms with Crippen molar-refractivity contribution >= 4 is 29.0 Å². The van der Waals surface area contributed by atoms with Gasteiger partial charge in [0.25, 0.3) is 5.91 Å². The second-order valence-electron chi connectivity index (χ2n) is 6.09. The Bertz CT molecular complexity index is 610. The van der Waals surface area contributed by atoms with Crippen LogP contribution in [0.25, 0.3) is 0 Å². The average molecular weight is 341 g/mol. The second-order valence-corrected chi connectivity index (χ2v) is 7.29. The van der Waals surface area contributed by atoms with Gasteiger partial charge in [0.15, 0.2) is 5.01 Å². The number of nitrogens with zero attached hydrogens (tertiary/aromatic N) is 1. The van der Waals surface area contributed by atoms with E-state index in [0.717, 1.165) is 11.3 Å². The molecule has 1 aromatic heterocycles. The normalized spacial score (nSPS) is 13.9. The predicted octanol–water partition coefficient (Wildman–Crippen LogP) is 1.46. The number of aryl methyl sites for hydroxylation is 1. The van der Waals surface area contributed by atoms with Crippen molar-refractivity contribution in [2.24, 2.45) is 17.6 Å². The third kappa shape index (κ3) is 4.59. The molecule has 1 amide bonds. The van der Waals surface area contributed by atoms with E-state index in [0.29, 0.717) is 4.88 Å². The van der Waals surface area contributed by atoms with Gasteiger partial charge in [0.05, 0.1) is 6.04 Å². The van der Waals surface area contributed by atoms with E-state index in [2.05, 4.69) is 10.3 Å². The molecule has 1 heterocycles.